The number of anilines is 1. The number of amidine groups is 1. The summed E-state index contributed by atoms with van der Waals surface area (Å²) in [5, 5.41) is 2.04. The third-order valence-electron chi connectivity index (χ3n) is 5.91. The molecule has 0 aliphatic carbocycles. The van der Waals surface area contributed by atoms with E-state index in [1.54, 1.807) is 50.8 Å². The molecule has 0 unspecified atom stereocenters. The number of hydrogen-bond acceptors (Lipinski definition) is 9. The molecule has 2 heterocycles. The third-order valence-corrected chi connectivity index (χ3v) is 8.52. The summed E-state index contributed by atoms with van der Waals surface area (Å²) in [5.74, 6) is 0.696. The number of carbonyl (C=O) groups is 2. The second-order valence-corrected chi connectivity index (χ2v) is 12.4. The van der Waals surface area contributed by atoms with Crippen molar-refractivity contribution in [2.45, 2.75) is 6.92 Å². The van der Waals surface area contributed by atoms with Crippen LogP contribution in [0.5, 0.6) is 17.2 Å². The van der Waals surface area contributed by atoms with Crippen LogP contribution in [0.2, 0.25) is 0 Å². The Morgan fingerprint density at radius 3 is 2.36 bits per heavy atom. The Kier molecular flexibility index (Phi) is 9.11. The van der Waals surface area contributed by atoms with Crippen molar-refractivity contribution >= 4 is 88.0 Å². The van der Waals surface area contributed by atoms with Crippen molar-refractivity contribution < 1.29 is 23.8 Å². The average molecular weight is 777 g/mol. The number of aromatic nitrogens is 1. The number of ether oxygens (including phenoxy) is 3. The second-order valence-electron chi connectivity index (χ2n) is 8.72. The summed E-state index contributed by atoms with van der Waals surface area (Å²) in [4.78, 5) is 35.6. The summed E-state index contributed by atoms with van der Waals surface area (Å²) in [6, 6.07) is 16.7. The smallest absolute Gasteiger partial charge is 0.308 e. The van der Waals surface area contributed by atoms with Crippen LogP contribution in [0.25, 0.3) is 16.5 Å². The highest BCUT2D eigenvalue weighted by molar-refractivity contribution is 9.11. The molecule has 3 aromatic carbocycles. The van der Waals surface area contributed by atoms with Crippen molar-refractivity contribution in [2.24, 2.45) is 4.99 Å². The lowest BCUT2D eigenvalue weighted by Gasteiger charge is -2.28. The number of nitrogens with zero attached hydrogens (tertiary/aromatic N) is 3. The number of hydrazine groups is 1. The molecule has 42 heavy (non-hydrogen) atoms. The maximum Gasteiger partial charge on any atom is 0.308 e. The number of aliphatic imine (C=N–C) groups is 1. The van der Waals surface area contributed by atoms with Gasteiger partial charge in [0.25, 0.3) is 5.91 Å². The fourth-order valence-corrected chi connectivity index (χ4v) is 6.52. The Morgan fingerprint density at radius 2 is 1.67 bits per heavy atom. The summed E-state index contributed by atoms with van der Waals surface area (Å²) >= 11 is 11.7. The van der Waals surface area contributed by atoms with Crippen molar-refractivity contribution in [3.63, 3.8) is 0 Å². The summed E-state index contributed by atoms with van der Waals surface area (Å²) in [6.07, 6.45) is 3.30. The zero-order valence-electron chi connectivity index (χ0n) is 22.3. The number of amides is 1. The molecule has 9 nitrogen and oxygen atoms in total. The molecule has 0 radical (unpaired) electrons. The lowest BCUT2D eigenvalue weighted by atomic mass is 10.1. The number of rotatable bonds is 7. The van der Waals surface area contributed by atoms with Gasteiger partial charge < -0.3 is 14.2 Å². The van der Waals surface area contributed by atoms with Gasteiger partial charge in [0.05, 0.1) is 23.6 Å². The first-order valence-electron chi connectivity index (χ1n) is 12.2. The van der Waals surface area contributed by atoms with Crippen molar-refractivity contribution in [2.75, 3.05) is 19.2 Å². The van der Waals surface area contributed by atoms with Gasteiger partial charge in [0, 0.05) is 33.2 Å². The van der Waals surface area contributed by atoms with E-state index in [0.29, 0.717) is 42.5 Å². The molecule has 1 aliphatic heterocycles. The third kappa shape index (κ3) is 6.43. The Labute approximate surface area is 270 Å². The van der Waals surface area contributed by atoms with E-state index in [0.717, 1.165) is 14.9 Å². The predicted molar refractivity (Wildman–Crippen MR) is 173 cm³/mol. The van der Waals surface area contributed by atoms with Crippen molar-refractivity contribution in [1.29, 1.82) is 0 Å². The van der Waals surface area contributed by atoms with Crippen LogP contribution in [0.3, 0.4) is 0 Å². The number of esters is 1. The first-order chi connectivity index (χ1) is 20.2. The Hall–Kier alpha value is -3.52. The Morgan fingerprint density at radius 1 is 0.952 bits per heavy atom. The normalized spacial score (nSPS) is 14.0. The maximum absolute atomic E-state index is 13.5. The van der Waals surface area contributed by atoms with Crippen LogP contribution in [-0.4, -0.2) is 36.9 Å². The minimum absolute atomic E-state index is 0.0825. The fraction of sp³-hybridized carbons (Fsp3) is 0.103. The topological polar surface area (TPSA) is 102 Å². The molecular formula is C29H21Br3N4O5S. The van der Waals surface area contributed by atoms with Crippen LogP contribution in [-0.2, 0) is 9.59 Å². The molecule has 13 heteroatoms. The Balaban J connectivity index is 1.65. The average Bonchev–Trinajstić information content (AvgIpc) is 3.46. The van der Waals surface area contributed by atoms with Gasteiger partial charge >= 0.3 is 5.97 Å². The predicted octanol–water partition coefficient (Wildman–Crippen LogP) is 7.38. The maximum atomic E-state index is 13.5. The SMILES string of the molecule is COc1ccc(C2=N/C(=C\c3cc(Br)cc(Br)c3OC(C)=O)C(=O)NN2c2ncc(-c3ccc(Br)cc3)s2)cc1OC. The fourth-order valence-electron chi connectivity index (χ4n) is 4.03. The molecule has 1 N–H and O–H groups in total. The van der Waals surface area contributed by atoms with E-state index >= 15 is 0 Å². The first-order valence-corrected chi connectivity index (χ1v) is 15.4. The molecule has 0 fully saturated rings. The molecule has 1 aliphatic rings. The number of halogens is 3. The van der Waals surface area contributed by atoms with E-state index < -0.39 is 11.9 Å². The van der Waals surface area contributed by atoms with Gasteiger partial charge in [0.2, 0.25) is 5.13 Å². The monoisotopic (exact) mass is 774 g/mol. The standard InChI is InChI=1S/C29H21Br3N4O5S/c1-15(37)41-26-18(10-20(31)13-21(26)32)11-22-28(38)35-36(27(34-22)17-6-9-23(39-2)24(12-17)40-3)29-33-14-25(42-29)16-4-7-19(30)8-5-16/h4-14H,1-3H3,(H,35,38)/b22-11-. The largest absolute Gasteiger partial charge is 0.493 e. The number of carbonyl (C=O) groups excluding carboxylic acids is 2. The van der Waals surface area contributed by atoms with Crippen molar-refractivity contribution in [3.05, 3.63) is 91.0 Å². The Bertz CT molecular complexity index is 1750. The number of methoxy groups -OCH3 is 2. The number of nitrogens with one attached hydrogen (secondary N) is 1. The molecule has 0 spiro atoms. The number of thiazole rings is 1. The molecule has 4 aromatic rings. The van der Waals surface area contributed by atoms with Gasteiger partial charge in [-0.05, 0) is 70.0 Å². The van der Waals surface area contributed by atoms with Gasteiger partial charge in [-0.1, -0.05) is 55.3 Å². The molecule has 5 rings (SSSR count). The van der Waals surface area contributed by atoms with E-state index in [-0.39, 0.29) is 11.4 Å². The quantitative estimate of drug-likeness (QED) is 0.119. The van der Waals surface area contributed by atoms with Crippen LogP contribution in [0.4, 0.5) is 5.13 Å². The number of benzene rings is 3. The molecule has 0 bridgehead atoms. The van der Waals surface area contributed by atoms with Crippen LogP contribution < -0.4 is 24.6 Å². The molecular weight excluding hydrogens is 756 g/mol. The van der Waals surface area contributed by atoms with E-state index in [4.69, 9.17) is 19.2 Å². The lowest BCUT2D eigenvalue weighted by Crippen LogP contribution is -2.50. The van der Waals surface area contributed by atoms with Gasteiger partial charge in [-0.3, -0.25) is 15.0 Å². The molecule has 0 saturated heterocycles. The molecule has 1 amide bonds. The summed E-state index contributed by atoms with van der Waals surface area (Å²) < 4.78 is 18.6. The van der Waals surface area contributed by atoms with Gasteiger partial charge in [-0.2, -0.15) is 0 Å². The van der Waals surface area contributed by atoms with E-state index in [9.17, 15) is 9.59 Å². The van der Waals surface area contributed by atoms with E-state index in [2.05, 4.69) is 58.2 Å². The van der Waals surface area contributed by atoms with Crippen LogP contribution >= 0.6 is 59.1 Å². The minimum Gasteiger partial charge on any atom is -0.493 e. The van der Waals surface area contributed by atoms with Crippen LogP contribution in [0.15, 0.2) is 84.9 Å². The van der Waals surface area contributed by atoms with Crippen LogP contribution in [0, 0.1) is 0 Å². The van der Waals surface area contributed by atoms with Crippen molar-refractivity contribution in [3.8, 4) is 27.7 Å². The molecule has 1 aromatic heterocycles. The highest BCUT2D eigenvalue weighted by Gasteiger charge is 2.30. The van der Waals surface area contributed by atoms with Gasteiger partial charge in [0.15, 0.2) is 23.1 Å². The molecule has 0 atom stereocenters. The summed E-state index contributed by atoms with van der Waals surface area (Å²) in [5.41, 5.74) is 5.08. The number of hydrogen-bond donors (Lipinski definition) is 1. The highest BCUT2D eigenvalue weighted by Crippen LogP contribution is 2.37. The minimum atomic E-state index is -0.503. The van der Waals surface area contributed by atoms with E-state index in [1.807, 2.05) is 30.3 Å². The second kappa shape index (κ2) is 12.8. The van der Waals surface area contributed by atoms with Gasteiger partial charge in [-0.25, -0.2) is 15.0 Å². The van der Waals surface area contributed by atoms with Gasteiger partial charge in [0.1, 0.15) is 5.70 Å². The highest BCUT2D eigenvalue weighted by atomic mass is 79.9. The molecule has 0 saturated carbocycles. The lowest BCUT2D eigenvalue weighted by molar-refractivity contribution is -0.132. The van der Waals surface area contributed by atoms with Gasteiger partial charge in [-0.15, -0.1) is 0 Å². The summed E-state index contributed by atoms with van der Waals surface area (Å²) in [6.45, 7) is 1.31. The molecule has 214 valence electrons. The van der Waals surface area contributed by atoms with E-state index in [1.165, 1.54) is 23.3 Å². The summed E-state index contributed by atoms with van der Waals surface area (Å²) in [7, 11) is 3.10. The first kappa shape index (κ1) is 30.0. The van der Waals surface area contributed by atoms with Crippen molar-refractivity contribution in [1.82, 2.24) is 10.4 Å². The van der Waals surface area contributed by atoms with Crippen LogP contribution in [0.1, 0.15) is 18.1 Å². The zero-order valence-corrected chi connectivity index (χ0v) is 27.9. The zero-order chi connectivity index (χ0) is 30.0.